The van der Waals surface area contributed by atoms with Gasteiger partial charge < -0.3 is 19.3 Å². The molecule has 164 valence electrons. The number of sulfone groups is 1. The Bertz CT molecular complexity index is 955. The second kappa shape index (κ2) is 7.35. The molecule has 0 radical (unpaired) electrons. The standard InChI is InChI=1S/C20H28BNO7S/c1-18(2)19(3,4)29-21(28-18)14-9-7-13(8-10-14)16-11-15(27-22-16)12-20(5,17(23)24)30(6,25)26/h7-10,15H,11-12H2,1-6H3,(H,23,24)/t15-,20?/m1/s1. The highest BCUT2D eigenvalue weighted by atomic mass is 32.2. The van der Waals surface area contributed by atoms with Crippen molar-refractivity contribution < 1.29 is 32.5 Å². The SMILES string of the molecule is CC1(C)OB(c2ccc(C3=NO[C@@H](CC(C)(C(=O)O)S(C)(=O)=O)C3)cc2)OC1(C)C. The highest BCUT2D eigenvalue weighted by molar-refractivity contribution is 7.92. The summed E-state index contributed by atoms with van der Waals surface area (Å²) in [5.74, 6) is -1.39. The number of benzene rings is 1. The molecule has 2 atom stereocenters. The van der Waals surface area contributed by atoms with E-state index in [0.717, 1.165) is 17.3 Å². The highest BCUT2D eigenvalue weighted by Gasteiger charge is 2.51. The lowest BCUT2D eigenvalue weighted by molar-refractivity contribution is -0.140. The first-order valence-electron chi connectivity index (χ1n) is 9.78. The predicted molar refractivity (Wildman–Crippen MR) is 114 cm³/mol. The molecule has 1 N–H and O–H groups in total. The molecule has 0 bridgehead atoms. The van der Waals surface area contributed by atoms with E-state index in [1.165, 1.54) is 6.92 Å². The summed E-state index contributed by atoms with van der Waals surface area (Å²) in [4.78, 5) is 16.9. The summed E-state index contributed by atoms with van der Waals surface area (Å²) < 4.78 is 34.2. The van der Waals surface area contributed by atoms with Gasteiger partial charge in [-0.3, -0.25) is 4.79 Å². The van der Waals surface area contributed by atoms with E-state index in [1.807, 2.05) is 52.0 Å². The first-order chi connectivity index (χ1) is 13.7. The predicted octanol–water partition coefficient (Wildman–Crippen LogP) is 1.76. The highest BCUT2D eigenvalue weighted by Crippen LogP contribution is 2.36. The van der Waals surface area contributed by atoms with Crippen molar-refractivity contribution >= 4 is 34.1 Å². The van der Waals surface area contributed by atoms with Crippen molar-refractivity contribution in [1.82, 2.24) is 0 Å². The number of aliphatic carboxylic acids is 1. The molecule has 30 heavy (non-hydrogen) atoms. The van der Waals surface area contributed by atoms with Gasteiger partial charge in [0.2, 0.25) is 0 Å². The molecule has 8 nitrogen and oxygen atoms in total. The van der Waals surface area contributed by atoms with Crippen LogP contribution in [-0.2, 0) is 28.8 Å². The van der Waals surface area contributed by atoms with Crippen LogP contribution in [-0.4, -0.2) is 60.6 Å². The van der Waals surface area contributed by atoms with Crippen molar-refractivity contribution in [2.24, 2.45) is 5.16 Å². The minimum absolute atomic E-state index is 0.180. The van der Waals surface area contributed by atoms with E-state index in [-0.39, 0.29) is 6.42 Å². The Morgan fingerprint density at radius 2 is 1.73 bits per heavy atom. The topological polar surface area (TPSA) is 111 Å². The summed E-state index contributed by atoms with van der Waals surface area (Å²) in [6.45, 7) is 9.17. The normalized spacial score (nSPS) is 24.8. The fraction of sp³-hybridized carbons (Fsp3) is 0.600. The molecule has 1 unspecified atom stereocenters. The van der Waals surface area contributed by atoms with Crippen LogP contribution in [0.4, 0.5) is 0 Å². The van der Waals surface area contributed by atoms with E-state index in [2.05, 4.69) is 5.16 Å². The molecule has 0 spiro atoms. The van der Waals surface area contributed by atoms with Crippen LogP contribution in [0.2, 0.25) is 0 Å². The molecule has 1 aromatic rings. The number of nitrogens with zero attached hydrogens (tertiary/aromatic N) is 1. The van der Waals surface area contributed by atoms with Crippen LogP contribution < -0.4 is 5.46 Å². The van der Waals surface area contributed by atoms with Crippen LogP contribution in [0, 0.1) is 0 Å². The molecule has 0 aliphatic carbocycles. The summed E-state index contributed by atoms with van der Waals surface area (Å²) >= 11 is 0. The summed E-state index contributed by atoms with van der Waals surface area (Å²) in [6, 6.07) is 7.53. The molecule has 10 heteroatoms. The molecule has 2 aliphatic heterocycles. The number of hydrogen-bond donors (Lipinski definition) is 1. The molecule has 1 aromatic carbocycles. The minimum atomic E-state index is -3.83. The molecule has 0 amide bonds. The van der Waals surface area contributed by atoms with Gasteiger partial charge in [-0.15, -0.1) is 0 Å². The Morgan fingerprint density at radius 1 is 1.20 bits per heavy atom. The Morgan fingerprint density at radius 3 is 2.20 bits per heavy atom. The van der Waals surface area contributed by atoms with E-state index in [1.54, 1.807) is 0 Å². The van der Waals surface area contributed by atoms with Gasteiger partial charge in [-0.2, -0.15) is 0 Å². The second-order valence-electron chi connectivity index (χ2n) is 9.19. The lowest BCUT2D eigenvalue weighted by atomic mass is 9.78. The monoisotopic (exact) mass is 437 g/mol. The zero-order chi connectivity index (χ0) is 22.5. The lowest BCUT2D eigenvalue weighted by Gasteiger charge is -2.32. The summed E-state index contributed by atoms with van der Waals surface area (Å²) in [6.07, 6.45) is 0.444. The summed E-state index contributed by atoms with van der Waals surface area (Å²) in [5, 5.41) is 13.5. The van der Waals surface area contributed by atoms with Crippen LogP contribution in [0.5, 0.6) is 0 Å². The number of carboxylic acids is 1. The third-order valence-corrected chi connectivity index (χ3v) is 8.37. The number of rotatable bonds is 6. The number of oxime groups is 1. The van der Waals surface area contributed by atoms with Crippen molar-refractivity contribution in [3.8, 4) is 0 Å². The maximum atomic E-state index is 12.0. The van der Waals surface area contributed by atoms with Gasteiger partial charge in [0.25, 0.3) is 0 Å². The summed E-state index contributed by atoms with van der Waals surface area (Å²) in [7, 11) is -4.29. The van der Waals surface area contributed by atoms with E-state index in [4.69, 9.17) is 14.1 Å². The molecule has 2 aliphatic rings. The Hall–Kier alpha value is -1.91. The van der Waals surface area contributed by atoms with Crippen molar-refractivity contribution in [3.05, 3.63) is 29.8 Å². The van der Waals surface area contributed by atoms with Crippen molar-refractivity contribution in [2.75, 3.05) is 6.26 Å². The van der Waals surface area contributed by atoms with E-state index < -0.39 is 45.0 Å². The fourth-order valence-electron chi connectivity index (χ4n) is 3.35. The molecule has 0 saturated carbocycles. The molecule has 3 rings (SSSR count). The summed E-state index contributed by atoms with van der Waals surface area (Å²) in [5.41, 5.74) is 1.48. The zero-order valence-corrected chi connectivity index (χ0v) is 18.9. The molecule has 0 aromatic heterocycles. The fourth-order valence-corrected chi connectivity index (χ4v) is 4.16. The van der Waals surface area contributed by atoms with E-state index in [0.29, 0.717) is 12.1 Å². The first kappa shape index (κ1) is 22.8. The molecule has 1 saturated heterocycles. The number of carbonyl (C=O) groups is 1. The van der Waals surface area contributed by atoms with Crippen LogP contribution >= 0.6 is 0 Å². The first-order valence-corrected chi connectivity index (χ1v) is 11.7. The maximum Gasteiger partial charge on any atom is 0.494 e. The Balaban J connectivity index is 1.69. The van der Waals surface area contributed by atoms with Gasteiger partial charge in [-0.05, 0) is 45.6 Å². The van der Waals surface area contributed by atoms with Gasteiger partial charge >= 0.3 is 13.1 Å². The van der Waals surface area contributed by atoms with Crippen molar-refractivity contribution in [2.45, 2.75) is 69.5 Å². The molecule has 1 fully saturated rings. The maximum absolute atomic E-state index is 12.0. The smallest absolute Gasteiger partial charge is 0.480 e. The molecular formula is C20H28BNO7S. The van der Waals surface area contributed by atoms with E-state index in [9.17, 15) is 18.3 Å². The Labute approximate surface area is 177 Å². The lowest BCUT2D eigenvalue weighted by Crippen LogP contribution is -2.45. The number of carboxylic acid groups (broad SMARTS) is 1. The van der Waals surface area contributed by atoms with Gasteiger partial charge in [-0.25, -0.2) is 8.42 Å². The molecular weight excluding hydrogens is 409 g/mol. The number of hydrogen-bond acceptors (Lipinski definition) is 7. The van der Waals surface area contributed by atoms with Crippen molar-refractivity contribution in [3.63, 3.8) is 0 Å². The van der Waals surface area contributed by atoms with Gasteiger partial charge in [0.15, 0.2) is 14.6 Å². The van der Waals surface area contributed by atoms with Gasteiger partial charge in [0.05, 0.1) is 16.9 Å². The van der Waals surface area contributed by atoms with Crippen LogP contribution in [0.1, 0.15) is 53.0 Å². The van der Waals surface area contributed by atoms with Crippen molar-refractivity contribution in [1.29, 1.82) is 0 Å². The zero-order valence-electron chi connectivity index (χ0n) is 18.1. The Kier molecular flexibility index (Phi) is 5.58. The second-order valence-corrected chi connectivity index (χ2v) is 11.6. The molecule has 2 heterocycles. The van der Waals surface area contributed by atoms with Crippen LogP contribution in [0.3, 0.4) is 0 Å². The largest absolute Gasteiger partial charge is 0.494 e. The van der Waals surface area contributed by atoms with Gasteiger partial charge in [0.1, 0.15) is 6.10 Å². The quantitative estimate of drug-likeness (QED) is 0.675. The average molecular weight is 437 g/mol. The van der Waals surface area contributed by atoms with Gasteiger partial charge in [0, 0.05) is 19.1 Å². The van der Waals surface area contributed by atoms with E-state index >= 15 is 0 Å². The third-order valence-electron chi connectivity index (χ3n) is 6.39. The van der Waals surface area contributed by atoms with Crippen LogP contribution in [0.25, 0.3) is 0 Å². The van der Waals surface area contributed by atoms with Gasteiger partial charge in [-0.1, -0.05) is 29.4 Å². The average Bonchev–Trinajstić information content (AvgIpc) is 3.15. The minimum Gasteiger partial charge on any atom is -0.480 e. The third kappa shape index (κ3) is 4.00. The van der Waals surface area contributed by atoms with Crippen LogP contribution in [0.15, 0.2) is 29.4 Å².